The maximum absolute atomic E-state index is 13.0. The predicted octanol–water partition coefficient (Wildman–Crippen LogP) is 21.0. The minimum Gasteiger partial charge on any atom is -0.462 e. The van der Waals surface area contributed by atoms with Gasteiger partial charge < -0.3 is 33.8 Å². The van der Waals surface area contributed by atoms with Crippen LogP contribution in [0, 0.1) is 17.8 Å². The molecule has 0 aromatic heterocycles. The summed E-state index contributed by atoms with van der Waals surface area (Å²) in [5.41, 5.74) is 0. The molecule has 0 aliphatic heterocycles. The van der Waals surface area contributed by atoms with E-state index in [2.05, 4.69) is 72.8 Å². The van der Waals surface area contributed by atoms with Crippen molar-refractivity contribution in [1.29, 1.82) is 0 Å². The molecular formula is C74H140O17P2. The lowest BCUT2D eigenvalue weighted by atomic mass is 10.0. The van der Waals surface area contributed by atoms with Gasteiger partial charge in [0.2, 0.25) is 0 Å². The van der Waals surface area contributed by atoms with E-state index in [1.807, 2.05) is 0 Å². The van der Waals surface area contributed by atoms with Crippen LogP contribution in [0.2, 0.25) is 0 Å². The first-order chi connectivity index (χ1) is 44.7. The molecule has 5 atom stereocenters. The SMILES string of the molecule is CCCCCC/C=C\C=C/CCCCCCCC(=O)O[C@H](COC(=O)CCCCCCCCCCC(C)C)COP(=O)(O)OCC(O)COP(=O)(O)OC[C@@H](COC(=O)CCCCCCCCC(C)C)OC(=O)CCCCCCCCCCCCCCCCCC(C)C. The topological polar surface area (TPSA) is 237 Å². The standard InChI is InChI=1S/C74H140O17P2/c1-8-9-10-11-12-13-14-15-17-21-24-27-34-43-50-57-73(78)90-69(61-84-71(76)55-48-41-33-30-29-32-39-46-53-66(4)5)63-88-92(80,81)86-59-68(75)60-87-93(82,83)89-64-70(62-85-72(77)56-49-42-37-36-40-47-54-67(6)7)91-74(79)58-51-44-35-28-25-22-19-16-18-20-23-26-31-38-45-52-65(2)3/h13-15,17,65-70,75H,8-12,16,18-64H2,1-7H3,(H,80,81)(H,82,83)/b14-13-,17-15-/t68?,69-,70-/m1/s1. The second-order valence-corrected chi connectivity index (χ2v) is 30.3. The second-order valence-electron chi connectivity index (χ2n) is 27.4. The number of allylic oxidation sites excluding steroid dienone is 4. The fourth-order valence-corrected chi connectivity index (χ4v) is 12.3. The van der Waals surface area contributed by atoms with Crippen LogP contribution in [-0.2, 0) is 65.4 Å². The second kappa shape index (κ2) is 64.2. The van der Waals surface area contributed by atoms with Crippen molar-refractivity contribution in [3.05, 3.63) is 24.3 Å². The normalized spacial score (nSPS) is 14.3. The van der Waals surface area contributed by atoms with Crippen LogP contribution >= 0.6 is 15.6 Å². The van der Waals surface area contributed by atoms with Gasteiger partial charge in [0.1, 0.15) is 19.3 Å². The largest absolute Gasteiger partial charge is 0.472 e. The third kappa shape index (κ3) is 67.9. The van der Waals surface area contributed by atoms with E-state index in [9.17, 15) is 43.2 Å². The molecule has 0 heterocycles. The number of phosphoric acid groups is 2. The average molecular weight is 1360 g/mol. The van der Waals surface area contributed by atoms with Crippen molar-refractivity contribution in [3.63, 3.8) is 0 Å². The van der Waals surface area contributed by atoms with E-state index in [-0.39, 0.29) is 25.7 Å². The Kier molecular flexibility index (Phi) is 62.5. The maximum Gasteiger partial charge on any atom is 0.472 e. The van der Waals surface area contributed by atoms with Gasteiger partial charge in [-0.25, -0.2) is 9.13 Å². The minimum absolute atomic E-state index is 0.0840. The van der Waals surface area contributed by atoms with Crippen LogP contribution in [0.3, 0.4) is 0 Å². The van der Waals surface area contributed by atoms with Crippen LogP contribution in [0.15, 0.2) is 24.3 Å². The number of hydrogen-bond acceptors (Lipinski definition) is 15. The number of esters is 4. The maximum atomic E-state index is 13.0. The minimum atomic E-state index is -4.96. The van der Waals surface area contributed by atoms with Crippen molar-refractivity contribution in [2.75, 3.05) is 39.6 Å². The fourth-order valence-electron chi connectivity index (χ4n) is 10.7. The molecule has 0 aliphatic rings. The van der Waals surface area contributed by atoms with Gasteiger partial charge in [-0.05, 0) is 69.1 Å². The number of rotatable bonds is 70. The van der Waals surface area contributed by atoms with Crippen molar-refractivity contribution in [2.24, 2.45) is 17.8 Å². The van der Waals surface area contributed by atoms with Gasteiger partial charge in [0.25, 0.3) is 0 Å². The number of carbonyl (C=O) groups is 4. The van der Waals surface area contributed by atoms with Crippen molar-refractivity contribution in [2.45, 2.75) is 369 Å². The fraction of sp³-hybridized carbons (Fsp3) is 0.892. The molecule has 17 nitrogen and oxygen atoms in total. The first-order valence-electron chi connectivity index (χ1n) is 37.7. The highest BCUT2D eigenvalue weighted by Gasteiger charge is 2.30. The molecule has 19 heteroatoms. The van der Waals surface area contributed by atoms with Gasteiger partial charge in [0.05, 0.1) is 26.4 Å². The monoisotopic (exact) mass is 1360 g/mol. The molecule has 3 N–H and O–H groups in total. The summed E-state index contributed by atoms with van der Waals surface area (Å²) < 4.78 is 68.3. The van der Waals surface area contributed by atoms with Gasteiger partial charge in [-0.3, -0.25) is 37.3 Å². The van der Waals surface area contributed by atoms with Crippen molar-refractivity contribution in [3.8, 4) is 0 Å². The Balaban J connectivity index is 5.24. The molecule has 0 rings (SSSR count). The van der Waals surface area contributed by atoms with E-state index < -0.39 is 97.5 Å². The molecule has 0 radical (unpaired) electrons. The Labute approximate surface area is 567 Å². The van der Waals surface area contributed by atoms with Gasteiger partial charge >= 0.3 is 39.5 Å². The van der Waals surface area contributed by atoms with Crippen LogP contribution in [0.4, 0.5) is 0 Å². The zero-order valence-electron chi connectivity index (χ0n) is 60.2. The number of carbonyl (C=O) groups excluding carboxylic acids is 4. The van der Waals surface area contributed by atoms with Gasteiger partial charge in [-0.2, -0.15) is 0 Å². The van der Waals surface area contributed by atoms with Crippen LogP contribution < -0.4 is 0 Å². The molecule has 3 unspecified atom stereocenters. The Morgan fingerprint density at radius 2 is 0.581 bits per heavy atom. The summed E-state index contributed by atoms with van der Waals surface area (Å²) in [6, 6.07) is 0. The van der Waals surface area contributed by atoms with Gasteiger partial charge in [-0.1, -0.05) is 297 Å². The lowest BCUT2D eigenvalue weighted by molar-refractivity contribution is -0.161. The van der Waals surface area contributed by atoms with Gasteiger partial charge in [0, 0.05) is 25.7 Å². The quantitative estimate of drug-likeness (QED) is 0.0169. The number of ether oxygens (including phenoxy) is 4. The Bertz CT molecular complexity index is 1910. The molecule has 0 aliphatic carbocycles. The highest BCUT2D eigenvalue weighted by molar-refractivity contribution is 7.47. The van der Waals surface area contributed by atoms with E-state index in [0.29, 0.717) is 31.6 Å². The van der Waals surface area contributed by atoms with E-state index in [4.69, 9.17) is 37.0 Å². The summed E-state index contributed by atoms with van der Waals surface area (Å²) >= 11 is 0. The summed E-state index contributed by atoms with van der Waals surface area (Å²) in [6.45, 7) is 11.7. The van der Waals surface area contributed by atoms with E-state index in [0.717, 1.165) is 127 Å². The highest BCUT2D eigenvalue weighted by atomic mass is 31.2. The third-order valence-electron chi connectivity index (χ3n) is 16.5. The van der Waals surface area contributed by atoms with Crippen LogP contribution in [0.25, 0.3) is 0 Å². The zero-order valence-corrected chi connectivity index (χ0v) is 62.0. The Morgan fingerprint density at radius 3 is 0.871 bits per heavy atom. The average Bonchev–Trinajstić information content (AvgIpc) is 1.98. The first-order valence-corrected chi connectivity index (χ1v) is 40.7. The lowest BCUT2D eigenvalue weighted by Gasteiger charge is -2.21. The number of aliphatic hydroxyl groups excluding tert-OH is 1. The van der Waals surface area contributed by atoms with E-state index >= 15 is 0 Å². The Morgan fingerprint density at radius 1 is 0.333 bits per heavy atom. The molecular weight excluding hydrogens is 1220 g/mol. The summed E-state index contributed by atoms with van der Waals surface area (Å²) in [5.74, 6) is 0.0478. The van der Waals surface area contributed by atoms with E-state index in [1.54, 1.807) is 0 Å². The predicted molar refractivity (Wildman–Crippen MR) is 377 cm³/mol. The smallest absolute Gasteiger partial charge is 0.462 e. The van der Waals surface area contributed by atoms with Crippen LogP contribution in [0.1, 0.15) is 350 Å². The molecule has 548 valence electrons. The summed E-state index contributed by atoms with van der Waals surface area (Å²) in [4.78, 5) is 72.6. The van der Waals surface area contributed by atoms with Crippen molar-refractivity contribution >= 4 is 39.5 Å². The number of unbranched alkanes of at least 4 members (excludes halogenated alkanes) is 35. The van der Waals surface area contributed by atoms with Gasteiger partial charge in [0.15, 0.2) is 12.2 Å². The van der Waals surface area contributed by atoms with Gasteiger partial charge in [-0.15, -0.1) is 0 Å². The summed E-state index contributed by atoms with van der Waals surface area (Å²) in [5, 5.41) is 10.6. The molecule has 0 bridgehead atoms. The molecule has 0 aromatic carbocycles. The molecule has 0 saturated carbocycles. The van der Waals surface area contributed by atoms with E-state index in [1.165, 1.54) is 135 Å². The molecule has 0 aromatic rings. The number of phosphoric ester groups is 2. The zero-order chi connectivity index (χ0) is 68.7. The number of aliphatic hydroxyl groups is 1. The molecule has 0 spiro atoms. The number of hydrogen-bond donors (Lipinski definition) is 3. The Hall–Kier alpha value is -2.46. The molecule has 0 fully saturated rings. The molecule has 0 saturated heterocycles. The highest BCUT2D eigenvalue weighted by Crippen LogP contribution is 2.45. The van der Waals surface area contributed by atoms with Crippen molar-refractivity contribution in [1.82, 2.24) is 0 Å². The summed E-state index contributed by atoms with van der Waals surface area (Å²) in [6.07, 6.45) is 52.4. The van der Waals surface area contributed by atoms with Crippen LogP contribution in [-0.4, -0.2) is 96.7 Å². The van der Waals surface area contributed by atoms with Crippen LogP contribution in [0.5, 0.6) is 0 Å². The first kappa shape index (κ1) is 90.5. The summed E-state index contributed by atoms with van der Waals surface area (Å²) in [7, 11) is -9.92. The third-order valence-corrected chi connectivity index (χ3v) is 18.4. The molecule has 0 amide bonds. The molecule has 93 heavy (non-hydrogen) atoms. The lowest BCUT2D eigenvalue weighted by Crippen LogP contribution is -2.30. The van der Waals surface area contributed by atoms with Crippen molar-refractivity contribution < 1.29 is 80.2 Å².